The number of ether oxygens (including phenoxy) is 3. The molecule has 0 unspecified atom stereocenters. The number of hydrazone groups is 1. The molecule has 4 atom stereocenters. The summed E-state index contributed by atoms with van der Waals surface area (Å²) in [4.78, 5) is 39.6. The zero-order chi connectivity index (χ0) is 19.7. The summed E-state index contributed by atoms with van der Waals surface area (Å²) >= 11 is 0. The van der Waals surface area contributed by atoms with Crippen molar-refractivity contribution in [2.45, 2.75) is 12.1 Å². The molecule has 0 N–H and O–H groups in total. The molecular formula is C18H21N3O6. The van der Waals surface area contributed by atoms with Crippen molar-refractivity contribution in [2.24, 2.45) is 16.9 Å². The molecule has 3 rings (SSSR count). The Balaban J connectivity index is 2.15. The van der Waals surface area contributed by atoms with Gasteiger partial charge in [-0.3, -0.25) is 4.79 Å². The topological polar surface area (TPSA) is 97.7 Å². The number of methoxy groups -OCH3 is 3. The van der Waals surface area contributed by atoms with Crippen molar-refractivity contribution >= 4 is 29.7 Å². The number of nitrogens with zero attached hydrogens (tertiary/aromatic N) is 3. The second kappa shape index (κ2) is 7.26. The van der Waals surface area contributed by atoms with Crippen LogP contribution < -0.4 is 9.64 Å². The molecule has 0 bridgehead atoms. The zero-order valence-corrected chi connectivity index (χ0v) is 15.5. The molecule has 1 fully saturated rings. The summed E-state index contributed by atoms with van der Waals surface area (Å²) < 4.78 is 15.1. The van der Waals surface area contributed by atoms with Crippen LogP contribution in [0.25, 0.3) is 0 Å². The quantitative estimate of drug-likeness (QED) is 0.698. The highest BCUT2D eigenvalue weighted by molar-refractivity contribution is 6.00. The van der Waals surface area contributed by atoms with Crippen molar-refractivity contribution in [3.05, 3.63) is 24.3 Å². The molecule has 0 saturated carbocycles. The van der Waals surface area contributed by atoms with Gasteiger partial charge in [0, 0.05) is 24.9 Å². The van der Waals surface area contributed by atoms with Gasteiger partial charge in [0.25, 0.3) is 0 Å². The molecule has 1 saturated heterocycles. The number of anilines is 1. The SMILES string of the molecule is COC(=O)[C@@H]1[C@H]2C=NN(C)C(=O)[C@H]2[C@@H](C(=O)OC)N1c1ccc(OC)cc1. The standard InChI is InChI=1S/C18H21N3O6/c1-20-16(22)13-12(9-19-20)14(17(23)26-3)21(15(13)18(24)27-4)10-5-7-11(25-2)8-6-10/h5-9,12-15H,1-4H3/t12-,13+,14-,15-/m0/s1. The molecule has 9 heteroatoms. The lowest BCUT2D eigenvalue weighted by atomic mass is 9.86. The van der Waals surface area contributed by atoms with E-state index >= 15 is 0 Å². The maximum Gasteiger partial charge on any atom is 0.329 e. The average Bonchev–Trinajstić information content (AvgIpc) is 3.05. The van der Waals surface area contributed by atoms with E-state index in [0.29, 0.717) is 11.4 Å². The summed E-state index contributed by atoms with van der Waals surface area (Å²) in [6, 6.07) is 4.98. The van der Waals surface area contributed by atoms with E-state index in [1.165, 1.54) is 32.5 Å². The number of hydrogen-bond donors (Lipinski definition) is 0. The molecule has 9 nitrogen and oxygen atoms in total. The van der Waals surface area contributed by atoms with Crippen LogP contribution in [0.15, 0.2) is 29.4 Å². The minimum atomic E-state index is -0.987. The van der Waals surface area contributed by atoms with Gasteiger partial charge >= 0.3 is 11.9 Å². The maximum absolute atomic E-state index is 12.8. The fraction of sp³-hybridized carbons (Fsp3) is 0.444. The molecule has 2 heterocycles. The smallest absolute Gasteiger partial charge is 0.329 e. The number of esters is 2. The highest BCUT2D eigenvalue weighted by Crippen LogP contribution is 2.42. The van der Waals surface area contributed by atoms with Gasteiger partial charge in [0.2, 0.25) is 5.91 Å². The van der Waals surface area contributed by atoms with Crippen molar-refractivity contribution < 1.29 is 28.6 Å². The van der Waals surface area contributed by atoms with Gasteiger partial charge in [0.1, 0.15) is 17.8 Å². The molecule has 0 aromatic heterocycles. The third-order valence-corrected chi connectivity index (χ3v) is 4.99. The fourth-order valence-corrected chi connectivity index (χ4v) is 3.71. The molecule has 27 heavy (non-hydrogen) atoms. The van der Waals surface area contributed by atoms with Crippen LogP contribution in [0.3, 0.4) is 0 Å². The normalized spacial score (nSPS) is 26.6. The van der Waals surface area contributed by atoms with Crippen molar-refractivity contribution in [1.82, 2.24) is 5.01 Å². The average molecular weight is 375 g/mol. The predicted octanol–water partition coefficient (Wildman–Crippen LogP) is 0.289. The summed E-state index contributed by atoms with van der Waals surface area (Å²) in [6.45, 7) is 0. The van der Waals surface area contributed by atoms with Crippen LogP contribution in [0.4, 0.5) is 5.69 Å². The molecule has 1 amide bonds. The second-order valence-electron chi connectivity index (χ2n) is 6.27. The first-order valence-electron chi connectivity index (χ1n) is 8.34. The minimum Gasteiger partial charge on any atom is -0.497 e. The monoisotopic (exact) mass is 375 g/mol. The number of amides is 1. The van der Waals surface area contributed by atoms with E-state index in [2.05, 4.69) is 5.10 Å². The summed E-state index contributed by atoms with van der Waals surface area (Å²) in [6.07, 6.45) is 1.52. The van der Waals surface area contributed by atoms with Crippen LogP contribution in [-0.4, -0.2) is 69.5 Å². The number of rotatable bonds is 4. The molecule has 0 radical (unpaired) electrons. The molecule has 1 aromatic rings. The molecule has 2 aliphatic rings. The Morgan fingerprint density at radius 1 is 1.00 bits per heavy atom. The Morgan fingerprint density at radius 2 is 1.59 bits per heavy atom. The van der Waals surface area contributed by atoms with Crippen molar-refractivity contribution in [3.8, 4) is 5.75 Å². The van der Waals surface area contributed by atoms with Crippen molar-refractivity contribution in [1.29, 1.82) is 0 Å². The first-order valence-corrected chi connectivity index (χ1v) is 8.34. The molecular weight excluding hydrogens is 354 g/mol. The first-order chi connectivity index (χ1) is 12.9. The van der Waals surface area contributed by atoms with Crippen LogP contribution in [0.1, 0.15) is 0 Å². The van der Waals surface area contributed by atoms with Gasteiger partial charge in [-0.15, -0.1) is 0 Å². The summed E-state index contributed by atoms with van der Waals surface area (Å²) in [5, 5.41) is 5.22. The van der Waals surface area contributed by atoms with Crippen LogP contribution in [0.5, 0.6) is 5.75 Å². The molecule has 1 aromatic carbocycles. The number of fused-ring (bicyclic) bond motifs is 1. The lowest BCUT2D eigenvalue weighted by Crippen LogP contribution is -2.48. The van der Waals surface area contributed by atoms with Crippen LogP contribution in [0, 0.1) is 11.8 Å². The van der Waals surface area contributed by atoms with E-state index < -0.39 is 35.9 Å². The predicted molar refractivity (Wildman–Crippen MR) is 95.3 cm³/mol. The van der Waals surface area contributed by atoms with E-state index in [1.807, 2.05) is 0 Å². The van der Waals surface area contributed by atoms with Crippen LogP contribution >= 0.6 is 0 Å². The number of benzene rings is 1. The van der Waals surface area contributed by atoms with E-state index in [0.717, 1.165) is 0 Å². The third-order valence-electron chi connectivity index (χ3n) is 4.99. The Labute approximate surface area is 156 Å². The first kappa shape index (κ1) is 18.7. The summed E-state index contributed by atoms with van der Waals surface area (Å²) in [5.74, 6) is -2.33. The number of hydrogen-bond acceptors (Lipinski definition) is 8. The van der Waals surface area contributed by atoms with Gasteiger partial charge in [-0.2, -0.15) is 5.10 Å². The Kier molecular flexibility index (Phi) is 5.02. The minimum absolute atomic E-state index is 0.359. The zero-order valence-electron chi connectivity index (χ0n) is 15.5. The maximum atomic E-state index is 12.8. The van der Waals surface area contributed by atoms with E-state index in [4.69, 9.17) is 14.2 Å². The van der Waals surface area contributed by atoms with Crippen LogP contribution in [0.2, 0.25) is 0 Å². The van der Waals surface area contributed by atoms with Gasteiger partial charge in [-0.1, -0.05) is 0 Å². The van der Waals surface area contributed by atoms with E-state index in [1.54, 1.807) is 36.3 Å². The fourth-order valence-electron chi connectivity index (χ4n) is 3.71. The van der Waals surface area contributed by atoms with Gasteiger partial charge in [-0.05, 0) is 24.3 Å². The summed E-state index contributed by atoms with van der Waals surface area (Å²) in [7, 11) is 5.56. The highest BCUT2D eigenvalue weighted by atomic mass is 16.5. The highest BCUT2D eigenvalue weighted by Gasteiger charge is 2.59. The van der Waals surface area contributed by atoms with Crippen LogP contribution in [-0.2, 0) is 23.9 Å². The van der Waals surface area contributed by atoms with E-state index in [9.17, 15) is 14.4 Å². The molecule has 0 spiro atoms. The Morgan fingerprint density at radius 3 is 2.15 bits per heavy atom. The van der Waals surface area contributed by atoms with Gasteiger partial charge in [-0.25, -0.2) is 14.6 Å². The Hall–Kier alpha value is -3.10. The van der Waals surface area contributed by atoms with E-state index in [-0.39, 0.29) is 5.91 Å². The van der Waals surface area contributed by atoms with Crippen molar-refractivity contribution in [2.75, 3.05) is 33.3 Å². The number of carbonyl (C=O) groups excluding carboxylic acids is 3. The van der Waals surface area contributed by atoms with Gasteiger partial charge < -0.3 is 19.1 Å². The third kappa shape index (κ3) is 2.98. The van der Waals surface area contributed by atoms with Gasteiger partial charge in [0.05, 0.1) is 27.2 Å². The number of carbonyl (C=O) groups is 3. The molecule has 144 valence electrons. The molecule has 2 aliphatic heterocycles. The molecule has 0 aliphatic carbocycles. The lowest BCUT2D eigenvalue weighted by molar-refractivity contribution is -0.148. The largest absolute Gasteiger partial charge is 0.497 e. The Bertz CT molecular complexity index is 778. The summed E-state index contributed by atoms with van der Waals surface area (Å²) in [5.41, 5.74) is 0.569. The lowest BCUT2D eigenvalue weighted by Gasteiger charge is -2.30. The second-order valence-corrected chi connectivity index (χ2v) is 6.27. The van der Waals surface area contributed by atoms with Crippen molar-refractivity contribution in [3.63, 3.8) is 0 Å². The van der Waals surface area contributed by atoms with Gasteiger partial charge in [0.15, 0.2) is 0 Å².